The third-order valence-electron chi connectivity index (χ3n) is 3.89. The molecule has 1 fully saturated rings. The minimum atomic E-state index is -0.270. The van der Waals surface area contributed by atoms with Gasteiger partial charge in [0.2, 0.25) is 5.91 Å². The SMILES string of the molecule is CCCC(CN)C(=O)N1CCOC(c2ccc(F)cc2)C1. The molecular formula is C16H23FN2O2. The Bertz CT molecular complexity index is 464. The Labute approximate surface area is 125 Å². The van der Waals surface area contributed by atoms with E-state index in [1.807, 2.05) is 4.90 Å². The van der Waals surface area contributed by atoms with Crippen LogP contribution in [-0.4, -0.2) is 37.0 Å². The Morgan fingerprint density at radius 1 is 1.48 bits per heavy atom. The topological polar surface area (TPSA) is 55.6 Å². The van der Waals surface area contributed by atoms with Crippen LogP contribution in [0.15, 0.2) is 24.3 Å². The first-order chi connectivity index (χ1) is 10.2. The van der Waals surface area contributed by atoms with Crippen molar-refractivity contribution in [2.45, 2.75) is 25.9 Å². The normalized spacial score (nSPS) is 20.3. The van der Waals surface area contributed by atoms with Gasteiger partial charge in [-0.15, -0.1) is 0 Å². The molecule has 1 heterocycles. The number of hydrogen-bond acceptors (Lipinski definition) is 3. The first-order valence-corrected chi connectivity index (χ1v) is 7.51. The summed E-state index contributed by atoms with van der Waals surface area (Å²) < 4.78 is 18.7. The summed E-state index contributed by atoms with van der Waals surface area (Å²) in [6.45, 7) is 4.03. The van der Waals surface area contributed by atoms with Gasteiger partial charge in [0.15, 0.2) is 0 Å². The first kappa shape index (κ1) is 15.9. The van der Waals surface area contributed by atoms with E-state index in [2.05, 4.69) is 6.92 Å². The summed E-state index contributed by atoms with van der Waals surface area (Å²) in [5.74, 6) is -0.273. The second-order valence-corrected chi connectivity index (χ2v) is 5.42. The van der Waals surface area contributed by atoms with Crippen LogP contribution in [-0.2, 0) is 9.53 Å². The van der Waals surface area contributed by atoms with E-state index < -0.39 is 0 Å². The number of nitrogens with zero attached hydrogens (tertiary/aromatic N) is 1. The maximum atomic E-state index is 13.0. The van der Waals surface area contributed by atoms with Crippen LogP contribution in [0.2, 0.25) is 0 Å². The van der Waals surface area contributed by atoms with Gasteiger partial charge in [-0.3, -0.25) is 4.79 Å². The van der Waals surface area contributed by atoms with Crippen molar-refractivity contribution in [1.29, 1.82) is 0 Å². The Morgan fingerprint density at radius 2 is 2.19 bits per heavy atom. The van der Waals surface area contributed by atoms with Gasteiger partial charge in [-0.25, -0.2) is 4.39 Å². The van der Waals surface area contributed by atoms with Gasteiger partial charge in [-0.05, 0) is 24.1 Å². The molecule has 21 heavy (non-hydrogen) atoms. The number of nitrogens with two attached hydrogens (primary N) is 1. The van der Waals surface area contributed by atoms with E-state index in [9.17, 15) is 9.18 Å². The number of carbonyl (C=O) groups excluding carboxylic acids is 1. The summed E-state index contributed by atoms with van der Waals surface area (Å²) in [6, 6.07) is 6.25. The molecule has 0 spiro atoms. The van der Waals surface area contributed by atoms with Crippen molar-refractivity contribution < 1.29 is 13.9 Å². The highest BCUT2D eigenvalue weighted by Gasteiger charge is 2.29. The molecule has 1 saturated heterocycles. The number of amides is 1. The number of halogens is 1. The Morgan fingerprint density at radius 3 is 2.81 bits per heavy atom. The van der Waals surface area contributed by atoms with E-state index in [0.717, 1.165) is 18.4 Å². The molecular weight excluding hydrogens is 271 g/mol. The van der Waals surface area contributed by atoms with E-state index in [4.69, 9.17) is 10.5 Å². The lowest BCUT2D eigenvalue weighted by molar-refractivity contribution is -0.143. The number of hydrogen-bond donors (Lipinski definition) is 1. The van der Waals surface area contributed by atoms with Gasteiger partial charge in [0.05, 0.1) is 19.1 Å². The number of ether oxygens (including phenoxy) is 1. The van der Waals surface area contributed by atoms with Crippen molar-refractivity contribution in [2.75, 3.05) is 26.2 Å². The Balaban J connectivity index is 2.03. The molecule has 0 saturated carbocycles. The van der Waals surface area contributed by atoms with Crippen LogP contribution in [0.25, 0.3) is 0 Å². The minimum Gasteiger partial charge on any atom is -0.370 e. The van der Waals surface area contributed by atoms with Crippen molar-refractivity contribution in [3.8, 4) is 0 Å². The van der Waals surface area contributed by atoms with Crippen LogP contribution in [0.4, 0.5) is 4.39 Å². The summed E-state index contributed by atoms with van der Waals surface area (Å²) in [5.41, 5.74) is 6.61. The highest BCUT2D eigenvalue weighted by molar-refractivity contribution is 5.79. The average Bonchev–Trinajstić information content (AvgIpc) is 2.53. The monoisotopic (exact) mass is 294 g/mol. The number of morpholine rings is 1. The Kier molecular flexibility index (Phi) is 5.70. The highest BCUT2D eigenvalue weighted by Crippen LogP contribution is 2.24. The van der Waals surface area contributed by atoms with E-state index in [0.29, 0.717) is 26.2 Å². The number of benzene rings is 1. The Hall–Kier alpha value is -1.46. The lowest BCUT2D eigenvalue weighted by Gasteiger charge is -2.35. The van der Waals surface area contributed by atoms with Crippen LogP contribution in [0.3, 0.4) is 0 Å². The van der Waals surface area contributed by atoms with Crippen LogP contribution in [0.1, 0.15) is 31.4 Å². The fourth-order valence-electron chi connectivity index (χ4n) is 2.68. The fraction of sp³-hybridized carbons (Fsp3) is 0.562. The second kappa shape index (κ2) is 7.52. The second-order valence-electron chi connectivity index (χ2n) is 5.42. The summed E-state index contributed by atoms with van der Waals surface area (Å²) in [5, 5.41) is 0. The lowest BCUT2D eigenvalue weighted by Crippen LogP contribution is -2.46. The summed E-state index contributed by atoms with van der Waals surface area (Å²) in [4.78, 5) is 14.3. The molecule has 0 bridgehead atoms. The molecule has 1 amide bonds. The molecule has 2 N–H and O–H groups in total. The third-order valence-corrected chi connectivity index (χ3v) is 3.89. The zero-order chi connectivity index (χ0) is 15.2. The zero-order valence-corrected chi connectivity index (χ0v) is 12.4. The third kappa shape index (κ3) is 4.02. The van der Waals surface area contributed by atoms with E-state index in [1.54, 1.807) is 12.1 Å². The molecule has 1 aliphatic heterocycles. The quantitative estimate of drug-likeness (QED) is 0.905. The van der Waals surface area contributed by atoms with Gasteiger partial charge < -0.3 is 15.4 Å². The molecule has 4 nitrogen and oxygen atoms in total. The smallest absolute Gasteiger partial charge is 0.227 e. The van der Waals surface area contributed by atoms with Gasteiger partial charge in [-0.2, -0.15) is 0 Å². The molecule has 1 aromatic carbocycles. The molecule has 0 radical (unpaired) electrons. The fourth-order valence-corrected chi connectivity index (χ4v) is 2.68. The average molecular weight is 294 g/mol. The molecule has 0 aliphatic carbocycles. The molecule has 116 valence electrons. The van der Waals surface area contributed by atoms with Crippen LogP contribution in [0.5, 0.6) is 0 Å². The highest BCUT2D eigenvalue weighted by atomic mass is 19.1. The minimum absolute atomic E-state index is 0.106. The number of rotatable bonds is 5. The van der Waals surface area contributed by atoms with E-state index in [1.165, 1.54) is 12.1 Å². The maximum absolute atomic E-state index is 13.0. The summed E-state index contributed by atoms with van der Waals surface area (Å²) in [7, 11) is 0. The van der Waals surface area contributed by atoms with Crippen molar-refractivity contribution >= 4 is 5.91 Å². The van der Waals surface area contributed by atoms with Crippen LogP contribution >= 0.6 is 0 Å². The van der Waals surface area contributed by atoms with Crippen molar-refractivity contribution in [3.05, 3.63) is 35.6 Å². The molecule has 2 rings (SSSR count). The van der Waals surface area contributed by atoms with Gasteiger partial charge in [0, 0.05) is 13.1 Å². The predicted octanol–water partition coefficient (Wildman–Crippen LogP) is 2.10. The standard InChI is InChI=1S/C16H23FN2O2/c1-2-3-13(10-18)16(20)19-8-9-21-15(11-19)12-4-6-14(17)7-5-12/h4-7,13,15H,2-3,8-11,18H2,1H3. The molecule has 5 heteroatoms. The summed E-state index contributed by atoms with van der Waals surface area (Å²) in [6.07, 6.45) is 1.57. The molecule has 1 aromatic rings. The van der Waals surface area contributed by atoms with Gasteiger partial charge in [0.1, 0.15) is 11.9 Å². The van der Waals surface area contributed by atoms with Crippen molar-refractivity contribution in [1.82, 2.24) is 4.90 Å². The van der Waals surface area contributed by atoms with Crippen molar-refractivity contribution in [2.24, 2.45) is 11.7 Å². The first-order valence-electron chi connectivity index (χ1n) is 7.51. The zero-order valence-electron chi connectivity index (χ0n) is 12.4. The van der Waals surface area contributed by atoms with E-state index in [-0.39, 0.29) is 23.7 Å². The number of carbonyl (C=O) groups is 1. The van der Waals surface area contributed by atoms with Crippen LogP contribution < -0.4 is 5.73 Å². The molecule has 2 atom stereocenters. The largest absolute Gasteiger partial charge is 0.370 e. The molecule has 0 aromatic heterocycles. The maximum Gasteiger partial charge on any atom is 0.227 e. The lowest BCUT2D eigenvalue weighted by atomic mass is 10.0. The summed E-state index contributed by atoms with van der Waals surface area (Å²) >= 11 is 0. The van der Waals surface area contributed by atoms with Gasteiger partial charge in [-0.1, -0.05) is 25.5 Å². The van der Waals surface area contributed by atoms with E-state index >= 15 is 0 Å². The predicted molar refractivity (Wildman–Crippen MR) is 79.1 cm³/mol. The van der Waals surface area contributed by atoms with Gasteiger partial charge in [0.25, 0.3) is 0 Å². The molecule has 2 unspecified atom stereocenters. The van der Waals surface area contributed by atoms with Crippen LogP contribution in [0, 0.1) is 11.7 Å². The van der Waals surface area contributed by atoms with Crippen molar-refractivity contribution in [3.63, 3.8) is 0 Å². The molecule has 1 aliphatic rings. The van der Waals surface area contributed by atoms with Gasteiger partial charge >= 0.3 is 0 Å².